The summed E-state index contributed by atoms with van der Waals surface area (Å²) in [5.41, 5.74) is 0. The molecule has 3 heteroatoms. The Balaban J connectivity index is -0.000000206. The Labute approximate surface area is 102 Å². The van der Waals surface area contributed by atoms with Gasteiger partial charge in [0.25, 0.3) is 0 Å². The smallest absolute Gasteiger partial charge is 0.245 e. The molecule has 1 saturated heterocycles. The van der Waals surface area contributed by atoms with Crippen LogP contribution in [0, 0.1) is 0 Å². The molecule has 1 N–H and O–H groups in total. The van der Waals surface area contributed by atoms with Crippen LogP contribution in [0.15, 0.2) is 12.7 Å². The normalized spacial score (nSPS) is 12.0. The molecular formula is C13H30N2O. The van der Waals surface area contributed by atoms with Crippen LogP contribution in [-0.4, -0.2) is 38.0 Å². The van der Waals surface area contributed by atoms with Gasteiger partial charge in [0.15, 0.2) is 0 Å². The van der Waals surface area contributed by atoms with E-state index in [0.29, 0.717) is 0 Å². The predicted octanol–water partition coefficient (Wildman–Crippen LogP) is 2.68. The Kier molecular flexibility index (Phi) is 25.3. The van der Waals surface area contributed by atoms with Crippen molar-refractivity contribution in [3.63, 3.8) is 0 Å². The highest BCUT2D eigenvalue weighted by atomic mass is 16.2. The molecule has 0 atom stereocenters. The summed E-state index contributed by atoms with van der Waals surface area (Å²) in [6, 6.07) is 0. The van der Waals surface area contributed by atoms with Crippen molar-refractivity contribution in [1.29, 1.82) is 0 Å². The van der Waals surface area contributed by atoms with Crippen LogP contribution in [0.25, 0.3) is 0 Å². The molecule has 0 unspecified atom stereocenters. The molecule has 0 aromatic heterocycles. The Morgan fingerprint density at radius 1 is 1.12 bits per heavy atom. The first-order chi connectivity index (χ1) is 7.76. The largest absolute Gasteiger partial charge is 0.339 e. The van der Waals surface area contributed by atoms with Gasteiger partial charge < -0.3 is 10.2 Å². The minimum Gasteiger partial charge on any atom is -0.339 e. The van der Waals surface area contributed by atoms with Gasteiger partial charge >= 0.3 is 0 Å². The zero-order valence-corrected chi connectivity index (χ0v) is 12.0. The second-order valence-corrected chi connectivity index (χ2v) is 2.74. The lowest BCUT2D eigenvalue weighted by atomic mass is 10.4. The quantitative estimate of drug-likeness (QED) is 0.702. The minimum absolute atomic E-state index is 0.0764. The lowest BCUT2D eigenvalue weighted by molar-refractivity contribution is -0.124. The van der Waals surface area contributed by atoms with E-state index < -0.39 is 0 Å². The summed E-state index contributed by atoms with van der Waals surface area (Å²) in [6.45, 7) is 13.3. The SMILES string of the molecule is C=CC(=O)N1CCCC1.CC.CC.CNC. The number of nitrogens with one attached hydrogen (secondary N) is 1. The number of carbonyl (C=O) groups excluding carboxylic acids is 1. The van der Waals surface area contributed by atoms with Gasteiger partial charge in [-0.15, -0.1) is 0 Å². The van der Waals surface area contributed by atoms with Crippen LogP contribution in [-0.2, 0) is 4.79 Å². The molecule has 16 heavy (non-hydrogen) atoms. The standard InChI is InChI=1S/C7H11NO.C2H7N.2C2H6/c1-2-7(9)8-5-3-4-6-8;1-3-2;2*1-2/h2H,1,3-6H2;3H,1-2H3;2*1-2H3. The monoisotopic (exact) mass is 230 g/mol. The average Bonchev–Trinajstić information content (AvgIpc) is 2.88. The highest BCUT2D eigenvalue weighted by Gasteiger charge is 2.13. The predicted molar refractivity (Wildman–Crippen MR) is 73.7 cm³/mol. The third-order valence-corrected chi connectivity index (χ3v) is 1.59. The molecule has 1 fully saturated rings. The van der Waals surface area contributed by atoms with Crippen molar-refractivity contribution in [3.05, 3.63) is 12.7 Å². The molecule has 3 nitrogen and oxygen atoms in total. The van der Waals surface area contributed by atoms with Gasteiger partial charge in [0, 0.05) is 13.1 Å². The van der Waals surface area contributed by atoms with E-state index in [0.717, 1.165) is 25.9 Å². The summed E-state index contributed by atoms with van der Waals surface area (Å²) < 4.78 is 0. The molecule has 0 bridgehead atoms. The van der Waals surface area contributed by atoms with E-state index in [9.17, 15) is 4.79 Å². The van der Waals surface area contributed by atoms with Crippen LogP contribution in [0.2, 0.25) is 0 Å². The highest BCUT2D eigenvalue weighted by molar-refractivity contribution is 5.87. The van der Waals surface area contributed by atoms with Crippen molar-refractivity contribution >= 4 is 5.91 Å². The first kappa shape index (κ1) is 20.6. The Hall–Kier alpha value is -0.830. The molecule has 1 rings (SSSR count). The molecule has 0 saturated carbocycles. The maximum atomic E-state index is 10.8. The molecule has 1 heterocycles. The van der Waals surface area contributed by atoms with Crippen LogP contribution in [0.3, 0.4) is 0 Å². The zero-order valence-electron chi connectivity index (χ0n) is 12.0. The van der Waals surface area contributed by atoms with Crippen molar-refractivity contribution < 1.29 is 4.79 Å². The fourth-order valence-electron chi connectivity index (χ4n) is 1.07. The molecule has 0 aliphatic carbocycles. The molecule has 1 aliphatic rings. The Morgan fingerprint density at radius 2 is 1.44 bits per heavy atom. The maximum Gasteiger partial charge on any atom is 0.245 e. The lowest BCUT2D eigenvalue weighted by Crippen LogP contribution is -2.25. The minimum atomic E-state index is 0.0764. The average molecular weight is 230 g/mol. The number of hydrogen-bond acceptors (Lipinski definition) is 2. The van der Waals surface area contributed by atoms with Crippen molar-refractivity contribution in [2.45, 2.75) is 40.5 Å². The van der Waals surface area contributed by atoms with E-state index in [1.807, 2.05) is 46.7 Å². The van der Waals surface area contributed by atoms with E-state index >= 15 is 0 Å². The second kappa shape index (κ2) is 19.7. The van der Waals surface area contributed by atoms with Crippen LogP contribution < -0.4 is 5.32 Å². The molecule has 0 radical (unpaired) electrons. The number of hydrogen-bond donors (Lipinski definition) is 1. The summed E-state index contributed by atoms with van der Waals surface area (Å²) in [5, 5.41) is 2.75. The molecule has 98 valence electrons. The number of nitrogens with zero attached hydrogens (tertiary/aromatic N) is 1. The van der Waals surface area contributed by atoms with E-state index in [-0.39, 0.29) is 5.91 Å². The van der Waals surface area contributed by atoms with E-state index in [1.54, 1.807) is 0 Å². The summed E-state index contributed by atoms with van der Waals surface area (Å²) in [7, 11) is 3.75. The topological polar surface area (TPSA) is 32.3 Å². The van der Waals surface area contributed by atoms with Gasteiger partial charge in [0.05, 0.1) is 0 Å². The summed E-state index contributed by atoms with van der Waals surface area (Å²) in [6.07, 6.45) is 3.68. The molecule has 0 aromatic carbocycles. The van der Waals surface area contributed by atoms with Gasteiger partial charge in [-0.05, 0) is 33.0 Å². The molecular weight excluding hydrogens is 200 g/mol. The fraction of sp³-hybridized carbons (Fsp3) is 0.769. The number of amides is 1. The Morgan fingerprint density at radius 3 is 1.69 bits per heavy atom. The number of rotatable bonds is 1. The van der Waals surface area contributed by atoms with Gasteiger partial charge in [-0.1, -0.05) is 34.3 Å². The van der Waals surface area contributed by atoms with Crippen molar-refractivity contribution in [2.24, 2.45) is 0 Å². The highest BCUT2D eigenvalue weighted by Crippen LogP contribution is 2.06. The first-order valence-corrected chi connectivity index (χ1v) is 6.26. The van der Waals surface area contributed by atoms with E-state index in [1.165, 1.54) is 6.08 Å². The molecule has 1 aliphatic heterocycles. The van der Waals surface area contributed by atoms with Gasteiger partial charge in [0.2, 0.25) is 5.91 Å². The van der Waals surface area contributed by atoms with Crippen molar-refractivity contribution in [3.8, 4) is 0 Å². The second-order valence-electron chi connectivity index (χ2n) is 2.74. The third kappa shape index (κ3) is 13.2. The van der Waals surface area contributed by atoms with Crippen LogP contribution in [0.1, 0.15) is 40.5 Å². The lowest BCUT2D eigenvalue weighted by Gasteiger charge is -2.10. The summed E-state index contributed by atoms with van der Waals surface area (Å²) >= 11 is 0. The fourth-order valence-corrected chi connectivity index (χ4v) is 1.07. The Bertz CT molecular complexity index is 141. The van der Waals surface area contributed by atoms with Crippen molar-refractivity contribution in [1.82, 2.24) is 10.2 Å². The maximum absolute atomic E-state index is 10.8. The van der Waals surface area contributed by atoms with E-state index in [2.05, 4.69) is 11.9 Å². The number of carbonyl (C=O) groups is 1. The molecule has 1 amide bonds. The zero-order chi connectivity index (χ0) is 13.4. The number of likely N-dealkylation sites (tertiary alicyclic amines) is 1. The van der Waals surface area contributed by atoms with Crippen LogP contribution in [0.4, 0.5) is 0 Å². The van der Waals surface area contributed by atoms with Gasteiger partial charge in [-0.3, -0.25) is 4.79 Å². The summed E-state index contributed by atoms with van der Waals surface area (Å²) in [5.74, 6) is 0.0764. The first-order valence-electron chi connectivity index (χ1n) is 6.26. The summed E-state index contributed by atoms with van der Waals surface area (Å²) in [4.78, 5) is 12.6. The van der Waals surface area contributed by atoms with Gasteiger partial charge in [-0.2, -0.15) is 0 Å². The van der Waals surface area contributed by atoms with Crippen LogP contribution >= 0.6 is 0 Å². The van der Waals surface area contributed by atoms with Gasteiger partial charge in [0.1, 0.15) is 0 Å². The third-order valence-electron chi connectivity index (χ3n) is 1.59. The van der Waals surface area contributed by atoms with E-state index in [4.69, 9.17) is 0 Å². The van der Waals surface area contributed by atoms with Crippen LogP contribution in [0.5, 0.6) is 0 Å². The molecule has 0 aromatic rings. The van der Waals surface area contributed by atoms with Gasteiger partial charge in [-0.25, -0.2) is 0 Å². The van der Waals surface area contributed by atoms with Crippen molar-refractivity contribution in [2.75, 3.05) is 27.2 Å². The molecule has 0 spiro atoms.